The van der Waals surface area contributed by atoms with Gasteiger partial charge in [0.05, 0.1) is 18.2 Å². The first-order valence-corrected chi connectivity index (χ1v) is 10.5. The van der Waals surface area contributed by atoms with E-state index in [1.165, 1.54) is 0 Å². The van der Waals surface area contributed by atoms with E-state index in [0.717, 1.165) is 22.4 Å². The predicted octanol–water partition coefficient (Wildman–Crippen LogP) is 2.94. The van der Waals surface area contributed by atoms with Crippen molar-refractivity contribution in [1.29, 1.82) is 0 Å². The molecule has 0 saturated heterocycles. The van der Waals surface area contributed by atoms with Crippen LogP contribution in [0.5, 0.6) is 5.75 Å². The summed E-state index contributed by atoms with van der Waals surface area (Å²) in [5.41, 5.74) is 4.79. The van der Waals surface area contributed by atoms with E-state index in [1.54, 1.807) is 18.2 Å². The van der Waals surface area contributed by atoms with Gasteiger partial charge in [-0.25, -0.2) is 4.79 Å². The molecule has 2 aliphatic heterocycles. The number of fused-ring (bicyclic) bond motifs is 4. The van der Waals surface area contributed by atoms with Gasteiger partial charge in [0.2, 0.25) is 0 Å². The number of nitrogens with one attached hydrogen (secondary N) is 1. The van der Waals surface area contributed by atoms with Crippen molar-refractivity contribution in [3.05, 3.63) is 64.7 Å². The Morgan fingerprint density at radius 2 is 2.03 bits per heavy atom. The zero-order valence-electron chi connectivity index (χ0n) is 18.3. The van der Waals surface area contributed by atoms with Crippen LogP contribution in [0.2, 0.25) is 0 Å². The molecule has 0 amide bonds. The number of rotatable bonds is 4. The van der Waals surface area contributed by atoms with Gasteiger partial charge in [-0.3, -0.25) is 0 Å². The maximum Gasteiger partial charge on any atom is 0.488 e. The van der Waals surface area contributed by atoms with Gasteiger partial charge in [-0.1, -0.05) is 37.6 Å². The molecule has 0 aliphatic carbocycles. The van der Waals surface area contributed by atoms with Crippen LogP contribution in [0.1, 0.15) is 55.2 Å². The lowest BCUT2D eigenvalue weighted by Crippen LogP contribution is -2.47. The molecule has 6 nitrogen and oxygen atoms in total. The van der Waals surface area contributed by atoms with E-state index in [0.29, 0.717) is 23.4 Å². The lowest BCUT2D eigenvalue weighted by atomic mass is 9.64. The van der Waals surface area contributed by atoms with Crippen molar-refractivity contribution < 1.29 is 24.3 Å². The van der Waals surface area contributed by atoms with Gasteiger partial charge in [0.25, 0.3) is 0 Å². The fourth-order valence-electron chi connectivity index (χ4n) is 4.46. The third-order valence-corrected chi connectivity index (χ3v) is 6.39. The minimum Gasteiger partial charge on any atom is -0.493 e. The minimum absolute atomic E-state index is 0.0203. The highest BCUT2D eigenvalue weighted by Crippen LogP contribution is 2.51. The number of hydrogen-bond acceptors (Lipinski definition) is 6. The van der Waals surface area contributed by atoms with Crippen LogP contribution in [0.3, 0.4) is 0 Å². The molecule has 2 aromatic carbocycles. The largest absolute Gasteiger partial charge is 0.493 e. The maximum atomic E-state index is 12.4. The summed E-state index contributed by atoms with van der Waals surface area (Å²) in [6.45, 7) is 8.96. The van der Waals surface area contributed by atoms with Crippen LogP contribution >= 0.6 is 0 Å². The first-order chi connectivity index (χ1) is 14.7. The van der Waals surface area contributed by atoms with Crippen molar-refractivity contribution in [3.63, 3.8) is 0 Å². The fourth-order valence-corrected chi connectivity index (χ4v) is 4.46. The van der Waals surface area contributed by atoms with E-state index < -0.39 is 7.12 Å². The Hall–Kier alpha value is -2.77. The second kappa shape index (κ2) is 8.06. The maximum absolute atomic E-state index is 12.4. The van der Waals surface area contributed by atoms with Crippen molar-refractivity contribution in [2.45, 2.75) is 39.2 Å². The zero-order valence-corrected chi connectivity index (χ0v) is 18.3. The molecule has 162 valence electrons. The third-order valence-electron chi connectivity index (χ3n) is 6.39. The summed E-state index contributed by atoms with van der Waals surface area (Å²) in [4.78, 5) is 12.4. The molecule has 2 aromatic rings. The lowest BCUT2D eigenvalue weighted by Gasteiger charge is -2.48. The lowest BCUT2D eigenvalue weighted by molar-refractivity contribution is 0.0547. The first kappa shape index (κ1) is 21.5. The van der Waals surface area contributed by atoms with E-state index in [2.05, 4.69) is 19.2 Å². The molecule has 0 aromatic heterocycles. The summed E-state index contributed by atoms with van der Waals surface area (Å²) in [5, 5.41) is 22.8. The van der Waals surface area contributed by atoms with Gasteiger partial charge >= 0.3 is 13.1 Å². The fraction of sp³-hybridized carbons (Fsp3) is 0.375. The van der Waals surface area contributed by atoms with Crippen molar-refractivity contribution in [2.24, 2.45) is 5.92 Å². The van der Waals surface area contributed by atoms with Crippen LogP contribution in [0.15, 0.2) is 48.0 Å². The molecule has 31 heavy (non-hydrogen) atoms. The molecule has 2 heterocycles. The Balaban J connectivity index is 1.63. The monoisotopic (exact) mass is 421 g/mol. The van der Waals surface area contributed by atoms with E-state index in [1.807, 2.05) is 38.1 Å². The number of allylic oxidation sites excluding steroid dienone is 1. The first-order valence-electron chi connectivity index (χ1n) is 10.5. The second-order valence-corrected chi connectivity index (χ2v) is 9.07. The molecule has 3 N–H and O–H groups in total. The van der Waals surface area contributed by atoms with Crippen molar-refractivity contribution >= 4 is 24.2 Å². The average molecular weight is 421 g/mol. The Bertz CT molecular complexity index is 1040. The quantitative estimate of drug-likeness (QED) is 0.400. The van der Waals surface area contributed by atoms with Crippen LogP contribution in [-0.2, 0) is 10.2 Å². The van der Waals surface area contributed by atoms with E-state index in [-0.39, 0.29) is 30.0 Å². The molecule has 2 aliphatic rings. The zero-order chi connectivity index (χ0) is 22.3. The molecular weight excluding hydrogens is 393 g/mol. The van der Waals surface area contributed by atoms with Gasteiger partial charge in [0.1, 0.15) is 12.4 Å². The van der Waals surface area contributed by atoms with Crippen molar-refractivity contribution in [2.75, 3.05) is 18.5 Å². The SMILES string of the molecule is CC(C)=CCOC(=O)c1ccc2c(c1)OCC1C2Nc2ccc(B(O)O)cc2C1(C)C. The van der Waals surface area contributed by atoms with Crippen molar-refractivity contribution in [1.82, 2.24) is 0 Å². The van der Waals surface area contributed by atoms with Crippen LogP contribution in [-0.4, -0.2) is 36.3 Å². The molecule has 2 atom stereocenters. The minimum atomic E-state index is -1.50. The topological polar surface area (TPSA) is 88.0 Å². The number of hydrogen-bond donors (Lipinski definition) is 3. The molecule has 0 saturated carbocycles. The number of carbonyl (C=O) groups is 1. The summed E-state index contributed by atoms with van der Waals surface area (Å²) in [6, 6.07) is 11.0. The highest BCUT2D eigenvalue weighted by Gasteiger charge is 2.46. The Morgan fingerprint density at radius 1 is 1.26 bits per heavy atom. The molecule has 7 heteroatoms. The molecule has 4 rings (SSSR count). The number of anilines is 1. The Labute approximate surface area is 183 Å². The third kappa shape index (κ3) is 3.95. The average Bonchev–Trinajstić information content (AvgIpc) is 2.72. The number of carbonyl (C=O) groups excluding carboxylic acids is 1. The number of esters is 1. The summed E-state index contributed by atoms with van der Waals surface area (Å²) < 4.78 is 11.4. The van der Waals surface area contributed by atoms with Gasteiger partial charge in [0.15, 0.2) is 0 Å². The van der Waals surface area contributed by atoms with E-state index in [9.17, 15) is 14.8 Å². The van der Waals surface area contributed by atoms with Gasteiger partial charge < -0.3 is 24.8 Å². The molecule has 2 unspecified atom stereocenters. The van der Waals surface area contributed by atoms with Gasteiger partial charge in [-0.2, -0.15) is 0 Å². The normalized spacial score (nSPS) is 20.2. The summed E-state index contributed by atoms with van der Waals surface area (Å²) >= 11 is 0. The Morgan fingerprint density at radius 3 is 2.74 bits per heavy atom. The van der Waals surface area contributed by atoms with E-state index >= 15 is 0 Å². The van der Waals surface area contributed by atoms with Crippen LogP contribution < -0.4 is 15.5 Å². The van der Waals surface area contributed by atoms with Crippen LogP contribution in [0.4, 0.5) is 5.69 Å². The molecule has 0 fully saturated rings. The molecule has 0 spiro atoms. The van der Waals surface area contributed by atoms with Gasteiger partial charge in [0, 0.05) is 22.6 Å². The van der Waals surface area contributed by atoms with Crippen molar-refractivity contribution in [3.8, 4) is 5.75 Å². The number of benzene rings is 2. The molecular formula is C24H28BNO5. The highest BCUT2D eigenvalue weighted by atomic mass is 16.5. The highest BCUT2D eigenvalue weighted by molar-refractivity contribution is 6.58. The van der Waals surface area contributed by atoms with E-state index in [4.69, 9.17) is 9.47 Å². The van der Waals surface area contributed by atoms with Gasteiger partial charge in [-0.15, -0.1) is 0 Å². The summed E-state index contributed by atoms with van der Waals surface area (Å²) in [5.74, 6) is 0.449. The summed E-state index contributed by atoms with van der Waals surface area (Å²) in [6.07, 6.45) is 1.87. The standard InChI is InChI=1S/C24H28BNO5/c1-14(2)9-10-30-23(27)15-5-7-17-21(11-15)31-13-19-22(17)26-20-8-6-16(25(28)29)12-18(20)24(19,3)4/h5-9,11-12,19,22,26,28-29H,10,13H2,1-4H3. The number of ether oxygens (including phenoxy) is 2. The molecule has 0 bridgehead atoms. The summed E-state index contributed by atoms with van der Waals surface area (Å²) in [7, 11) is -1.50. The predicted molar refractivity (Wildman–Crippen MR) is 121 cm³/mol. The van der Waals surface area contributed by atoms with Gasteiger partial charge in [-0.05, 0) is 49.1 Å². The smallest absolute Gasteiger partial charge is 0.488 e. The van der Waals surface area contributed by atoms with Crippen LogP contribution in [0, 0.1) is 5.92 Å². The Kier molecular flexibility index (Phi) is 5.58. The van der Waals surface area contributed by atoms with Crippen LogP contribution in [0.25, 0.3) is 0 Å². The second-order valence-electron chi connectivity index (χ2n) is 9.07. The molecule has 0 radical (unpaired) electrons.